The normalized spacial score (nSPS) is 11.3. The molecular formula is C13H16F2N2O3. The fraction of sp³-hybridized carbons (Fsp3) is 0.385. The van der Waals surface area contributed by atoms with Crippen molar-refractivity contribution in [2.45, 2.75) is 26.4 Å². The summed E-state index contributed by atoms with van der Waals surface area (Å²) in [6.45, 7) is -0.912. The van der Waals surface area contributed by atoms with Crippen molar-refractivity contribution in [3.05, 3.63) is 29.8 Å². The molecule has 110 valence electrons. The lowest BCUT2D eigenvalue weighted by Gasteiger charge is -2.07. The van der Waals surface area contributed by atoms with Crippen LogP contribution in [0.1, 0.15) is 25.3 Å². The Hall–Kier alpha value is -2.18. The second-order valence-electron chi connectivity index (χ2n) is 3.82. The van der Waals surface area contributed by atoms with Crippen LogP contribution in [0.15, 0.2) is 29.4 Å². The van der Waals surface area contributed by atoms with Gasteiger partial charge in [0.25, 0.3) is 0 Å². The number of amides is 1. The Morgan fingerprint density at radius 2 is 2.00 bits per heavy atom. The molecule has 1 aromatic carbocycles. The largest absolute Gasteiger partial charge is 0.435 e. The van der Waals surface area contributed by atoms with E-state index in [4.69, 9.17) is 0 Å². The molecule has 20 heavy (non-hydrogen) atoms. The SMILES string of the molecule is CCC/C(=N\OC(=O)NC)c1ccc(OC(F)F)cc1. The maximum absolute atomic E-state index is 12.0. The third-order valence-corrected chi connectivity index (χ3v) is 2.34. The highest BCUT2D eigenvalue weighted by molar-refractivity contribution is 6.00. The Morgan fingerprint density at radius 3 is 2.50 bits per heavy atom. The van der Waals surface area contributed by atoms with E-state index in [1.807, 2.05) is 6.92 Å². The zero-order valence-corrected chi connectivity index (χ0v) is 11.2. The van der Waals surface area contributed by atoms with Crippen molar-refractivity contribution in [1.29, 1.82) is 0 Å². The number of carbonyl (C=O) groups excluding carboxylic acids is 1. The lowest BCUT2D eigenvalue weighted by atomic mass is 10.1. The van der Waals surface area contributed by atoms with Gasteiger partial charge in [0.2, 0.25) is 0 Å². The number of oxime groups is 1. The lowest BCUT2D eigenvalue weighted by molar-refractivity contribution is -0.0498. The van der Waals surface area contributed by atoms with Gasteiger partial charge in [-0.15, -0.1) is 0 Å². The summed E-state index contributed by atoms with van der Waals surface area (Å²) in [6.07, 6.45) is 0.716. The molecule has 1 aromatic rings. The smallest absolute Gasteiger partial charge is 0.433 e. The average molecular weight is 286 g/mol. The Labute approximate surface area is 115 Å². The van der Waals surface area contributed by atoms with E-state index >= 15 is 0 Å². The number of alkyl halides is 2. The van der Waals surface area contributed by atoms with Gasteiger partial charge in [0.05, 0.1) is 5.71 Å². The van der Waals surface area contributed by atoms with Gasteiger partial charge in [-0.2, -0.15) is 8.78 Å². The highest BCUT2D eigenvalue weighted by atomic mass is 19.3. The van der Waals surface area contributed by atoms with Crippen LogP contribution < -0.4 is 10.1 Å². The summed E-state index contributed by atoms with van der Waals surface area (Å²) in [7, 11) is 1.42. The third kappa shape index (κ3) is 5.21. The zero-order chi connectivity index (χ0) is 15.0. The number of carbonyl (C=O) groups is 1. The topological polar surface area (TPSA) is 59.9 Å². The molecule has 1 rings (SSSR count). The summed E-state index contributed by atoms with van der Waals surface area (Å²) in [5.74, 6) is 0.0619. The first-order valence-electron chi connectivity index (χ1n) is 6.07. The molecule has 0 fully saturated rings. The van der Waals surface area contributed by atoms with Crippen LogP contribution in [0, 0.1) is 0 Å². The predicted molar refractivity (Wildman–Crippen MR) is 70.1 cm³/mol. The van der Waals surface area contributed by atoms with Crippen molar-refractivity contribution in [2.75, 3.05) is 7.05 Å². The summed E-state index contributed by atoms with van der Waals surface area (Å²) < 4.78 is 28.3. The Bertz CT molecular complexity index is 461. The molecule has 0 bridgehead atoms. The van der Waals surface area contributed by atoms with Crippen LogP contribution in [0.25, 0.3) is 0 Å². The molecule has 0 aliphatic heterocycles. The molecule has 1 N–H and O–H groups in total. The minimum absolute atomic E-state index is 0.0619. The minimum atomic E-state index is -2.86. The maximum Gasteiger partial charge on any atom is 0.433 e. The number of benzene rings is 1. The number of nitrogens with one attached hydrogen (secondary N) is 1. The molecule has 0 radical (unpaired) electrons. The standard InChI is InChI=1S/C13H16F2N2O3/c1-3-4-11(17-20-13(18)16-2)9-5-7-10(8-6-9)19-12(14)15/h5-8,12H,3-4H2,1-2H3,(H,16,18)/b17-11+. The van der Waals surface area contributed by atoms with Crippen molar-refractivity contribution in [1.82, 2.24) is 5.32 Å². The second kappa shape index (κ2) is 8.08. The molecule has 0 saturated heterocycles. The van der Waals surface area contributed by atoms with E-state index in [9.17, 15) is 13.6 Å². The van der Waals surface area contributed by atoms with E-state index in [-0.39, 0.29) is 5.75 Å². The van der Waals surface area contributed by atoms with Gasteiger partial charge in [-0.25, -0.2) is 4.79 Å². The highest BCUT2D eigenvalue weighted by Gasteiger charge is 2.08. The van der Waals surface area contributed by atoms with E-state index < -0.39 is 12.7 Å². The molecule has 7 heteroatoms. The molecule has 0 spiro atoms. The van der Waals surface area contributed by atoms with Crippen LogP contribution in [0.5, 0.6) is 5.75 Å². The highest BCUT2D eigenvalue weighted by Crippen LogP contribution is 2.16. The summed E-state index contributed by atoms with van der Waals surface area (Å²) in [4.78, 5) is 15.6. The van der Waals surface area contributed by atoms with E-state index in [1.54, 1.807) is 12.1 Å². The number of halogens is 2. The molecule has 0 aliphatic rings. The van der Waals surface area contributed by atoms with Gasteiger partial charge >= 0.3 is 12.7 Å². The van der Waals surface area contributed by atoms with Crippen molar-refractivity contribution in [3.8, 4) is 5.75 Å². The Morgan fingerprint density at radius 1 is 1.35 bits per heavy atom. The number of ether oxygens (including phenoxy) is 1. The van der Waals surface area contributed by atoms with Crippen LogP contribution in [-0.2, 0) is 4.84 Å². The molecule has 0 aliphatic carbocycles. The minimum Gasteiger partial charge on any atom is -0.435 e. The Balaban J connectivity index is 2.83. The van der Waals surface area contributed by atoms with Crippen LogP contribution in [0.2, 0.25) is 0 Å². The molecule has 0 aromatic heterocycles. The first kappa shape index (κ1) is 15.9. The fourth-order valence-corrected chi connectivity index (χ4v) is 1.45. The Kier molecular flexibility index (Phi) is 6.42. The van der Waals surface area contributed by atoms with E-state index in [0.29, 0.717) is 17.7 Å². The average Bonchev–Trinajstić information content (AvgIpc) is 2.43. The van der Waals surface area contributed by atoms with Gasteiger partial charge in [0.1, 0.15) is 5.75 Å². The van der Waals surface area contributed by atoms with E-state index in [2.05, 4.69) is 20.0 Å². The number of nitrogens with zero attached hydrogens (tertiary/aromatic N) is 1. The lowest BCUT2D eigenvalue weighted by Crippen LogP contribution is -2.17. The first-order chi connectivity index (χ1) is 9.56. The molecule has 0 unspecified atom stereocenters. The zero-order valence-electron chi connectivity index (χ0n) is 11.2. The molecule has 0 saturated carbocycles. The monoisotopic (exact) mass is 286 g/mol. The van der Waals surface area contributed by atoms with E-state index in [1.165, 1.54) is 19.2 Å². The molecular weight excluding hydrogens is 270 g/mol. The molecule has 1 amide bonds. The van der Waals surface area contributed by atoms with E-state index in [0.717, 1.165) is 6.42 Å². The van der Waals surface area contributed by atoms with Crippen LogP contribution in [-0.4, -0.2) is 25.5 Å². The summed E-state index contributed by atoms with van der Waals surface area (Å²) in [6, 6.07) is 5.98. The van der Waals surface area contributed by atoms with Crippen LogP contribution >= 0.6 is 0 Å². The van der Waals surface area contributed by atoms with Crippen molar-refractivity contribution >= 4 is 11.8 Å². The number of rotatable bonds is 6. The number of hydrogen-bond acceptors (Lipinski definition) is 4. The molecule has 0 atom stereocenters. The third-order valence-electron chi connectivity index (χ3n) is 2.34. The van der Waals surface area contributed by atoms with Gasteiger partial charge in [-0.3, -0.25) is 4.84 Å². The summed E-state index contributed by atoms with van der Waals surface area (Å²) >= 11 is 0. The van der Waals surface area contributed by atoms with Gasteiger partial charge in [0, 0.05) is 7.05 Å². The first-order valence-corrected chi connectivity index (χ1v) is 6.07. The van der Waals surface area contributed by atoms with Crippen molar-refractivity contribution in [3.63, 3.8) is 0 Å². The van der Waals surface area contributed by atoms with Gasteiger partial charge in [0.15, 0.2) is 0 Å². The van der Waals surface area contributed by atoms with Gasteiger partial charge in [-0.1, -0.05) is 18.5 Å². The fourth-order valence-electron chi connectivity index (χ4n) is 1.45. The summed E-state index contributed by atoms with van der Waals surface area (Å²) in [5, 5.41) is 6.03. The maximum atomic E-state index is 12.0. The van der Waals surface area contributed by atoms with Crippen molar-refractivity contribution in [2.24, 2.45) is 5.16 Å². The molecule has 5 nitrogen and oxygen atoms in total. The summed E-state index contributed by atoms with van der Waals surface area (Å²) in [5.41, 5.74) is 1.23. The second-order valence-corrected chi connectivity index (χ2v) is 3.82. The van der Waals surface area contributed by atoms with Gasteiger partial charge in [-0.05, 0) is 36.2 Å². The number of hydrogen-bond donors (Lipinski definition) is 1. The van der Waals surface area contributed by atoms with Crippen molar-refractivity contribution < 1.29 is 23.1 Å². The predicted octanol–water partition coefficient (Wildman–Crippen LogP) is 3.15. The molecule has 0 heterocycles. The van der Waals surface area contributed by atoms with Crippen LogP contribution in [0.3, 0.4) is 0 Å². The van der Waals surface area contributed by atoms with Crippen LogP contribution in [0.4, 0.5) is 13.6 Å². The van der Waals surface area contributed by atoms with Gasteiger partial charge < -0.3 is 10.1 Å². The quantitative estimate of drug-likeness (QED) is 0.496.